The van der Waals surface area contributed by atoms with Crippen molar-refractivity contribution >= 4 is 23.2 Å². The lowest BCUT2D eigenvalue weighted by Crippen LogP contribution is -1.96. The van der Waals surface area contributed by atoms with Gasteiger partial charge in [-0.25, -0.2) is 4.39 Å². The molecule has 2 aromatic rings. The van der Waals surface area contributed by atoms with E-state index in [0.717, 1.165) is 0 Å². The van der Waals surface area contributed by atoms with E-state index in [2.05, 4.69) is 35.9 Å². The van der Waals surface area contributed by atoms with E-state index in [9.17, 15) is 4.39 Å². The molecule has 0 fully saturated rings. The summed E-state index contributed by atoms with van der Waals surface area (Å²) in [4.78, 5) is 0. The second-order valence-electron chi connectivity index (χ2n) is 4.98. The fraction of sp³-hybridized carbons (Fsp3) is 0.0909. The van der Waals surface area contributed by atoms with E-state index >= 15 is 0 Å². The highest BCUT2D eigenvalue weighted by atomic mass is 35.5. The van der Waals surface area contributed by atoms with Crippen molar-refractivity contribution in [3.05, 3.63) is 47.3 Å². The highest BCUT2D eigenvalue weighted by Gasteiger charge is 2.14. The lowest BCUT2D eigenvalue weighted by Gasteiger charge is -2.12. The van der Waals surface area contributed by atoms with Crippen molar-refractivity contribution in [1.82, 2.24) is 0 Å². The molecule has 0 spiro atoms. The van der Waals surface area contributed by atoms with Crippen LogP contribution in [0.3, 0.4) is 0 Å². The van der Waals surface area contributed by atoms with Gasteiger partial charge in [-0.2, -0.15) is 0 Å². The third-order valence-corrected chi connectivity index (χ3v) is 3.96. The highest BCUT2D eigenvalue weighted by Crippen LogP contribution is 2.35. The summed E-state index contributed by atoms with van der Waals surface area (Å²) in [6.45, 7) is 0. The summed E-state index contributed by atoms with van der Waals surface area (Å²) < 4.78 is 24.6. The van der Waals surface area contributed by atoms with Crippen molar-refractivity contribution in [3.8, 4) is 71.4 Å². The third-order valence-electron chi connectivity index (χ3n) is 3.38. The minimum absolute atomic E-state index is 0.0290. The summed E-state index contributed by atoms with van der Waals surface area (Å²) in [6.07, 6.45) is 14.9. The second kappa shape index (κ2) is 10.1. The Balaban J connectivity index is 2.57. The van der Waals surface area contributed by atoms with Gasteiger partial charge in [0, 0.05) is 23.3 Å². The molecule has 0 unspecified atom stereocenters. The highest BCUT2D eigenvalue weighted by molar-refractivity contribution is 6.18. The first-order chi connectivity index (χ1) is 13.1. The lowest BCUT2D eigenvalue weighted by molar-refractivity contribution is 0.452. The Bertz CT molecular complexity index is 1050. The monoisotopic (exact) mass is 396 g/mol. The predicted octanol–water partition coefficient (Wildman–Crippen LogP) is 4.92. The van der Waals surface area contributed by atoms with Crippen molar-refractivity contribution in [2.75, 3.05) is 0 Å². The number of rotatable bonds is 5. The molecule has 2 rings (SSSR count). The quantitative estimate of drug-likeness (QED) is 0.527. The van der Waals surface area contributed by atoms with Crippen LogP contribution in [0.2, 0.25) is 0 Å². The van der Waals surface area contributed by atoms with Gasteiger partial charge >= 0.3 is 0 Å². The molecular formula is C22H11Cl2FO2. The molecule has 0 saturated carbocycles. The Morgan fingerprint density at radius 3 is 2.07 bits per heavy atom. The minimum atomic E-state index is -0.412. The summed E-state index contributed by atoms with van der Waals surface area (Å²) in [5.41, 5.74) is 2.37. The maximum Gasteiger partial charge on any atom is 0.184 e. The van der Waals surface area contributed by atoms with Gasteiger partial charge in [-0.05, 0) is 52.8 Å². The molecule has 2 aromatic carbocycles. The zero-order valence-electron chi connectivity index (χ0n) is 13.9. The maximum atomic E-state index is 14.0. The lowest BCUT2D eigenvalue weighted by atomic mass is 9.97. The SMILES string of the molecule is C#CC#COc1ccc(-c2cc(CCl)c(F)cc2CCl)cc1OC#CC#C. The topological polar surface area (TPSA) is 18.5 Å². The van der Waals surface area contributed by atoms with Crippen LogP contribution in [0.15, 0.2) is 30.3 Å². The fourth-order valence-electron chi connectivity index (χ4n) is 2.20. The summed E-state index contributed by atoms with van der Waals surface area (Å²) in [7, 11) is 0. The van der Waals surface area contributed by atoms with Gasteiger partial charge in [0.25, 0.3) is 0 Å². The molecule has 0 atom stereocenters. The molecule has 5 heteroatoms. The first-order valence-corrected chi connectivity index (χ1v) is 8.54. The van der Waals surface area contributed by atoms with E-state index in [1.54, 1.807) is 24.3 Å². The van der Waals surface area contributed by atoms with Gasteiger partial charge in [-0.15, -0.1) is 36.0 Å². The van der Waals surface area contributed by atoms with Crippen molar-refractivity contribution < 1.29 is 13.9 Å². The summed E-state index contributed by atoms with van der Waals surface area (Å²) in [5.74, 6) is 9.24. The van der Waals surface area contributed by atoms with E-state index < -0.39 is 5.82 Å². The van der Waals surface area contributed by atoms with Gasteiger partial charge in [-0.3, -0.25) is 0 Å². The van der Waals surface area contributed by atoms with Crippen molar-refractivity contribution in [3.63, 3.8) is 0 Å². The molecule has 0 N–H and O–H groups in total. The molecule has 0 aromatic heterocycles. The number of alkyl halides is 2. The van der Waals surface area contributed by atoms with Gasteiger partial charge in [0.15, 0.2) is 11.5 Å². The number of halogens is 3. The first-order valence-electron chi connectivity index (χ1n) is 7.47. The van der Waals surface area contributed by atoms with Gasteiger partial charge in [-0.1, -0.05) is 6.07 Å². The molecule has 2 nitrogen and oxygen atoms in total. The molecular weight excluding hydrogens is 386 g/mol. The Labute approximate surface area is 167 Å². The van der Waals surface area contributed by atoms with Crippen LogP contribution in [0.4, 0.5) is 4.39 Å². The zero-order valence-corrected chi connectivity index (χ0v) is 15.4. The average Bonchev–Trinajstić information content (AvgIpc) is 2.69. The van der Waals surface area contributed by atoms with Crippen molar-refractivity contribution in [2.24, 2.45) is 0 Å². The Hall–Kier alpha value is -3.21. The van der Waals surface area contributed by atoms with E-state index in [1.807, 2.05) is 0 Å². The van der Waals surface area contributed by atoms with Crippen LogP contribution in [-0.2, 0) is 11.8 Å². The molecule has 0 heterocycles. The summed E-state index contributed by atoms with van der Waals surface area (Å²) >= 11 is 11.8. The molecule has 132 valence electrons. The van der Waals surface area contributed by atoms with E-state index in [4.69, 9.17) is 45.5 Å². The van der Waals surface area contributed by atoms with Gasteiger partial charge < -0.3 is 9.47 Å². The van der Waals surface area contributed by atoms with Crippen LogP contribution in [0, 0.1) is 54.6 Å². The number of benzene rings is 2. The number of hydrogen-bond acceptors (Lipinski definition) is 2. The Morgan fingerprint density at radius 2 is 1.48 bits per heavy atom. The number of hydrogen-bond donors (Lipinski definition) is 0. The molecule has 0 aliphatic rings. The van der Waals surface area contributed by atoms with Gasteiger partial charge in [0.2, 0.25) is 0 Å². The molecule has 27 heavy (non-hydrogen) atoms. The van der Waals surface area contributed by atoms with E-state index in [-0.39, 0.29) is 17.5 Å². The fourth-order valence-corrected chi connectivity index (χ4v) is 2.63. The summed E-state index contributed by atoms with van der Waals surface area (Å²) in [6, 6.07) is 8.02. The smallest absolute Gasteiger partial charge is 0.184 e. The van der Waals surface area contributed by atoms with Crippen LogP contribution < -0.4 is 9.47 Å². The Morgan fingerprint density at radius 1 is 0.852 bits per heavy atom. The molecule has 0 aliphatic heterocycles. The van der Waals surface area contributed by atoms with Crippen molar-refractivity contribution in [1.29, 1.82) is 0 Å². The van der Waals surface area contributed by atoms with Crippen LogP contribution in [0.5, 0.6) is 11.5 Å². The third kappa shape index (κ3) is 5.14. The Kier molecular flexibility index (Phi) is 7.49. The first kappa shape index (κ1) is 20.1. The average molecular weight is 397 g/mol. The standard InChI is InChI=1S/C22H11Cl2FO2/c1-3-5-9-26-21-8-7-16(13-22(21)27-10-6-4-2)19-11-18(15-24)20(25)12-17(19)14-23/h1-2,7-8,11-13H,14-15H2. The van der Waals surface area contributed by atoms with Crippen LogP contribution in [-0.4, -0.2) is 0 Å². The van der Waals surface area contributed by atoms with Crippen LogP contribution in [0.1, 0.15) is 11.1 Å². The molecule has 0 aliphatic carbocycles. The van der Waals surface area contributed by atoms with E-state index in [0.29, 0.717) is 28.0 Å². The minimum Gasteiger partial charge on any atom is -0.403 e. The predicted molar refractivity (Wildman–Crippen MR) is 105 cm³/mol. The van der Waals surface area contributed by atoms with Crippen LogP contribution in [0.25, 0.3) is 11.1 Å². The summed E-state index contributed by atoms with van der Waals surface area (Å²) in [5, 5.41) is 0. The van der Waals surface area contributed by atoms with Gasteiger partial charge in [0.1, 0.15) is 18.0 Å². The van der Waals surface area contributed by atoms with E-state index in [1.165, 1.54) is 6.07 Å². The normalized spacial score (nSPS) is 8.93. The molecule has 0 radical (unpaired) electrons. The zero-order chi connectivity index (χ0) is 19.6. The molecule has 0 amide bonds. The van der Waals surface area contributed by atoms with Crippen LogP contribution >= 0.6 is 23.2 Å². The molecule has 0 saturated heterocycles. The maximum absolute atomic E-state index is 14.0. The number of terminal acetylenes is 2. The number of ether oxygens (including phenoxy) is 2. The largest absolute Gasteiger partial charge is 0.403 e. The second-order valence-corrected chi connectivity index (χ2v) is 5.51. The molecule has 0 bridgehead atoms. The van der Waals surface area contributed by atoms with Gasteiger partial charge in [0.05, 0.1) is 5.88 Å². The van der Waals surface area contributed by atoms with Crippen molar-refractivity contribution in [2.45, 2.75) is 11.8 Å².